The maximum Gasteiger partial charge on any atom is 0.132 e. The topological polar surface area (TPSA) is 29.3 Å². The number of rotatable bonds is 5. The van der Waals surface area contributed by atoms with Gasteiger partial charge in [0.1, 0.15) is 5.82 Å². The fourth-order valence-corrected chi connectivity index (χ4v) is 2.37. The molecule has 2 nitrogen and oxygen atoms in total. The van der Waals surface area contributed by atoms with Gasteiger partial charge in [0.25, 0.3) is 0 Å². The molecular weight excluding hydrogens is 275 g/mol. The van der Waals surface area contributed by atoms with Crippen molar-refractivity contribution in [1.82, 2.24) is 4.90 Å². The van der Waals surface area contributed by atoms with E-state index in [-0.39, 0.29) is 12.4 Å². The molecule has 0 aliphatic heterocycles. The van der Waals surface area contributed by atoms with Gasteiger partial charge >= 0.3 is 0 Å². The lowest BCUT2D eigenvalue weighted by Crippen LogP contribution is -2.19. The molecule has 2 aromatic rings. The summed E-state index contributed by atoms with van der Waals surface area (Å²) in [5.41, 5.74) is 7.76. The Balaban J connectivity index is 2.09. The standard InChI is InChI=1S/C16H18ClFN2/c1-20(10-13-5-2-3-8-15(13)17)11-14-7-4-6-12(9-19)16(14)18/h2-8H,9-11,19H2,1H3. The Morgan fingerprint density at radius 3 is 2.30 bits per heavy atom. The Morgan fingerprint density at radius 2 is 1.60 bits per heavy atom. The van der Waals surface area contributed by atoms with Crippen LogP contribution in [0.5, 0.6) is 0 Å². The number of nitrogens with zero attached hydrogens (tertiary/aromatic N) is 1. The van der Waals surface area contributed by atoms with Crippen LogP contribution >= 0.6 is 11.6 Å². The highest BCUT2D eigenvalue weighted by molar-refractivity contribution is 6.31. The largest absolute Gasteiger partial charge is 0.326 e. The van der Waals surface area contributed by atoms with Crippen LogP contribution in [-0.2, 0) is 19.6 Å². The molecule has 0 unspecified atom stereocenters. The van der Waals surface area contributed by atoms with E-state index >= 15 is 0 Å². The zero-order chi connectivity index (χ0) is 14.5. The van der Waals surface area contributed by atoms with Crippen molar-refractivity contribution in [3.63, 3.8) is 0 Å². The first kappa shape index (κ1) is 15.0. The molecule has 0 spiro atoms. The summed E-state index contributed by atoms with van der Waals surface area (Å²) in [7, 11) is 1.94. The van der Waals surface area contributed by atoms with E-state index in [4.69, 9.17) is 17.3 Å². The predicted octanol–water partition coefficient (Wildman–Crippen LogP) is 3.57. The molecule has 20 heavy (non-hydrogen) atoms. The van der Waals surface area contributed by atoms with Crippen molar-refractivity contribution in [2.45, 2.75) is 19.6 Å². The monoisotopic (exact) mass is 292 g/mol. The SMILES string of the molecule is CN(Cc1ccccc1Cl)Cc1cccc(CN)c1F. The summed E-state index contributed by atoms with van der Waals surface area (Å²) in [6.07, 6.45) is 0. The minimum atomic E-state index is -0.207. The fraction of sp³-hybridized carbons (Fsp3) is 0.250. The highest BCUT2D eigenvalue weighted by Crippen LogP contribution is 2.19. The van der Waals surface area contributed by atoms with Gasteiger partial charge in [-0.15, -0.1) is 0 Å². The van der Waals surface area contributed by atoms with E-state index in [1.807, 2.05) is 42.3 Å². The highest BCUT2D eigenvalue weighted by atomic mass is 35.5. The van der Waals surface area contributed by atoms with Crippen LogP contribution in [0.25, 0.3) is 0 Å². The van der Waals surface area contributed by atoms with Crippen molar-refractivity contribution in [2.75, 3.05) is 7.05 Å². The van der Waals surface area contributed by atoms with Gasteiger partial charge in [-0.1, -0.05) is 48.0 Å². The third kappa shape index (κ3) is 3.57. The van der Waals surface area contributed by atoms with Gasteiger partial charge < -0.3 is 5.73 Å². The number of hydrogen-bond donors (Lipinski definition) is 1. The summed E-state index contributed by atoms with van der Waals surface area (Å²) in [4.78, 5) is 2.03. The smallest absolute Gasteiger partial charge is 0.132 e. The van der Waals surface area contributed by atoms with Crippen molar-refractivity contribution in [1.29, 1.82) is 0 Å². The molecular formula is C16H18ClFN2. The Kier molecular flexibility index (Phi) is 5.12. The zero-order valence-corrected chi connectivity index (χ0v) is 12.2. The average Bonchev–Trinajstić information content (AvgIpc) is 2.44. The number of benzene rings is 2. The quantitative estimate of drug-likeness (QED) is 0.913. The first-order valence-corrected chi connectivity index (χ1v) is 6.88. The normalized spacial score (nSPS) is 11.1. The van der Waals surface area contributed by atoms with Crippen molar-refractivity contribution in [3.05, 3.63) is 70.0 Å². The second kappa shape index (κ2) is 6.84. The Hall–Kier alpha value is -1.42. The minimum absolute atomic E-state index is 0.207. The van der Waals surface area contributed by atoms with Crippen LogP contribution < -0.4 is 5.73 Å². The van der Waals surface area contributed by atoms with Gasteiger partial charge in [-0.3, -0.25) is 4.90 Å². The molecule has 0 aliphatic rings. The van der Waals surface area contributed by atoms with E-state index in [1.165, 1.54) is 0 Å². The summed E-state index contributed by atoms with van der Waals surface area (Å²) in [6.45, 7) is 1.41. The molecule has 2 N–H and O–H groups in total. The molecule has 0 fully saturated rings. The summed E-state index contributed by atoms with van der Waals surface area (Å²) < 4.78 is 14.1. The fourth-order valence-electron chi connectivity index (χ4n) is 2.18. The van der Waals surface area contributed by atoms with E-state index in [2.05, 4.69) is 0 Å². The average molecular weight is 293 g/mol. The summed E-state index contributed by atoms with van der Waals surface area (Å²) in [6, 6.07) is 13.0. The second-order valence-corrected chi connectivity index (χ2v) is 5.27. The molecule has 4 heteroatoms. The van der Waals surface area contributed by atoms with Crippen LogP contribution in [0.3, 0.4) is 0 Å². The van der Waals surface area contributed by atoms with Crippen molar-refractivity contribution < 1.29 is 4.39 Å². The molecule has 0 saturated carbocycles. The molecule has 106 valence electrons. The Morgan fingerprint density at radius 1 is 1.00 bits per heavy atom. The van der Waals surface area contributed by atoms with E-state index in [1.54, 1.807) is 12.1 Å². The van der Waals surface area contributed by atoms with Gasteiger partial charge in [0.2, 0.25) is 0 Å². The molecule has 0 heterocycles. The maximum atomic E-state index is 14.1. The van der Waals surface area contributed by atoms with E-state index in [0.717, 1.165) is 10.6 Å². The third-order valence-corrected chi connectivity index (χ3v) is 3.59. The molecule has 0 amide bonds. The number of halogens is 2. The predicted molar refractivity (Wildman–Crippen MR) is 80.9 cm³/mol. The lowest BCUT2D eigenvalue weighted by molar-refractivity contribution is 0.313. The molecule has 0 aromatic heterocycles. The van der Waals surface area contributed by atoms with Gasteiger partial charge in [0.05, 0.1) is 0 Å². The van der Waals surface area contributed by atoms with Crippen molar-refractivity contribution in [3.8, 4) is 0 Å². The van der Waals surface area contributed by atoms with E-state index in [0.29, 0.717) is 24.2 Å². The van der Waals surface area contributed by atoms with Crippen LogP contribution in [0.4, 0.5) is 4.39 Å². The molecule has 2 aromatic carbocycles. The summed E-state index contributed by atoms with van der Waals surface area (Å²) in [5.74, 6) is -0.207. The third-order valence-electron chi connectivity index (χ3n) is 3.22. The van der Waals surface area contributed by atoms with Gasteiger partial charge in [0.15, 0.2) is 0 Å². The van der Waals surface area contributed by atoms with Gasteiger partial charge in [0, 0.05) is 35.8 Å². The first-order chi connectivity index (χ1) is 9.61. The highest BCUT2D eigenvalue weighted by Gasteiger charge is 2.10. The van der Waals surface area contributed by atoms with E-state index in [9.17, 15) is 4.39 Å². The van der Waals surface area contributed by atoms with Gasteiger partial charge in [-0.05, 0) is 18.7 Å². The first-order valence-electron chi connectivity index (χ1n) is 6.50. The van der Waals surface area contributed by atoms with Crippen LogP contribution in [-0.4, -0.2) is 11.9 Å². The number of nitrogens with two attached hydrogens (primary N) is 1. The van der Waals surface area contributed by atoms with Crippen LogP contribution in [0.15, 0.2) is 42.5 Å². The van der Waals surface area contributed by atoms with Crippen LogP contribution in [0.2, 0.25) is 5.02 Å². The molecule has 2 rings (SSSR count). The van der Waals surface area contributed by atoms with Crippen LogP contribution in [0, 0.1) is 5.82 Å². The van der Waals surface area contributed by atoms with Crippen LogP contribution in [0.1, 0.15) is 16.7 Å². The van der Waals surface area contributed by atoms with Crippen molar-refractivity contribution in [2.24, 2.45) is 5.73 Å². The molecule has 0 aliphatic carbocycles. The summed E-state index contributed by atoms with van der Waals surface area (Å²) in [5, 5.41) is 0.732. The maximum absolute atomic E-state index is 14.1. The summed E-state index contributed by atoms with van der Waals surface area (Å²) >= 11 is 6.13. The molecule has 0 atom stereocenters. The van der Waals surface area contributed by atoms with Gasteiger partial charge in [-0.2, -0.15) is 0 Å². The molecule has 0 radical (unpaired) electrons. The second-order valence-electron chi connectivity index (χ2n) is 4.86. The number of hydrogen-bond acceptors (Lipinski definition) is 2. The van der Waals surface area contributed by atoms with Gasteiger partial charge in [-0.25, -0.2) is 4.39 Å². The zero-order valence-electron chi connectivity index (χ0n) is 11.4. The molecule has 0 bridgehead atoms. The lowest BCUT2D eigenvalue weighted by Gasteiger charge is -2.18. The Labute approximate surface area is 124 Å². The lowest BCUT2D eigenvalue weighted by atomic mass is 10.1. The minimum Gasteiger partial charge on any atom is -0.326 e. The van der Waals surface area contributed by atoms with E-state index < -0.39 is 0 Å². The Bertz CT molecular complexity index is 586. The van der Waals surface area contributed by atoms with Crippen molar-refractivity contribution >= 4 is 11.6 Å². The molecule has 0 saturated heterocycles.